The van der Waals surface area contributed by atoms with Crippen molar-refractivity contribution in [2.45, 2.75) is 0 Å². The van der Waals surface area contributed by atoms with E-state index in [0.717, 1.165) is 50.4 Å². The summed E-state index contributed by atoms with van der Waals surface area (Å²) in [6, 6.07) is 65.6. The zero-order chi connectivity index (χ0) is 35.3. The molecular formula is C50H30N4. The van der Waals surface area contributed by atoms with Crippen molar-refractivity contribution in [3.63, 3.8) is 0 Å². The van der Waals surface area contributed by atoms with Gasteiger partial charge < -0.3 is 4.57 Å². The molecule has 0 saturated carbocycles. The van der Waals surface area contributed by atoms with Crippen molar-refractivity contribution >= 4 is 54.6 Å². The largest absolute Gasteiger partial charge is 0.309 e. The van der Waals surface area contributed by atoms with Gasteiger partial charge in [-0.25, -0.2) is 9.97 Å². The number of hydrogen-bond acceptors (Lipinski definition) is 2. The van der Waals surface area contributed by atoms with Gasteiger partial charge in [-0.15, -0.1) is 0 Å². The Morgan fingerprint density at radius 3 is 1.81 bits per heavy atom. The fourth-order valence-corrected chi connectivity index (χ4v) is 8.81. The first-order valence-corrected chi connectivity index (χ1v) is 18.4. The van der Waals surface area contributed by atoms with Gasteiger partial charge in [0.05, 0.1) is 33.1 Å². The Labute approximate surface area is 310 Å². The number of rotatable bonds is 3. The molecule has 0 N–H and O–H groups in total. The molecule has 4 nitrogen and oxygen atoms in total. The maximum atomic E-state index is 5.32. The van der Waals surface area contributed by atoms with E-state index in [1.165, 1.54) is 60.4 Å². The molecule has 4 heterocycles. The Morgan fingerprint density at radius 1 is 0.333 bits per heavy atom. The molecule has 4 heteroatoms. The summed E-state index contributed by atoms with van der Waals surface area (Å²) in [6.45, 7) is 0. The lowest BCUT2D eigenvalue weighted by Crippen LogP contribution is -2.02. The second-order valence-corrected chi connectivity index (χ2v) is 14.2. The van der Waals surface area contributed by atoms with E-state index in [1.807, 2.05) is 12.1 Å². The van der Waals surface area contributed by atoms with E-state index in [9.17, 15) is 0 Å². The van der Waals surface area contributed by atoms with Crippen LogP contribution in [0.1, 0.15) is 0 Å². The Balaban J connectivity index is 1.15. The first kappa shape index (κ1) is 29.3. The predicted octanol–water partition coefficient (Wildman–Crippen LogP) is 12.8. The van der Waals surface area contributed by atoms with Gasteiger partial charge in [0.15, 0.2) is 5.82 Å². The fourth-order valence-electron chi connectivity index (χ4n) is 8.81. The van der Waals surface area contributed by atoms with Crippen molar-refractivity contribution < 1.29 is 0 Å². The van der Waals surface area contributed by atoms with Gasteiger partial charge in [-0.2, -0.15) is 0 Å². The minimum absolute atomic E-state index is 0.865. The molecule has 3 aromatic heterocycles. The van der Waals surface area contributed by atoms with Gasteiger partial charge in [0.1, 0.15) is 5.69 Å². The summed E-state index contributed by atoms with van der Waals surface area (Å²) in [6.07, 6.45) is 0. The zero-order valence-corrected chi connectivity index (χ0v) is 29.1. The van der Waals surface area contributed by atoms with Crippen molar-refractivity contribution in [1.29, 1.82) is 0 Å². The van der Waals surface area contributed by atoms with Crippen LogP contribution in [0.15, 0.2) is 182 Å². The van der Waals surface area contributed by atoms with Crippen LogP contribution in [0.3, 0.4) is 0 Å². The highest BCUT2D eigenvalue weighted by atomic mass is 15.1. The number of fused-ring (bicyclic) bond motifs is 12. The molecule has 8 aromatic carbocycles. The minimum Gasteiger partial charge on any atom is -0.309 e. The second-order valence-electron chi connectivity index (χ2n) is 14.2. The second kappa shape index (κ2) is 11.1. The van der Waals surface area contributed by atoms with Crippen LogP contribution in [-0.4, -0.2) is 19.1 Å². The molecule has 11 aromatic rings. The predicted molar refractivity (Wildman–Crippen MR) is 224 cm³/mol. The molecule has 0 fully saturated rings. The van der Waals surface area contributed by atoms with Crippen molar-refractivity contribution in [1.82, 2.24) is 19.1 Å². The van der Waals surface area contributed by atoms with Crippen LogP contribution >= 0.6 is 0 Å². The highest BCUT2D eigenvalue weighted by Crippen LogP contribution is 2.48. The van der Waals surface area contributed by atoms with Gasteiger partial charge in [0.2, 0.25) is 0 Å². The lowest BCUT2D eigenvalue weighted by atomic mass is 9.92. The summed E-state index contributed by atoms with van der Waals surface area (Å²) in [5.41, 5.74) is 16.7. The smallest absolute Gasteiger partial charge is 0.165 e. The number of hydrogen-bond donors (Lipinski definition) is 0. The van der Waals surface area contributed by atoms with Crippen molar-refractivity contribution in [2.75, 3.05) is 0 Å². The third-order valence-electron chi connectivity index (χ3n) is 11.2. The molecule has 1 aliphatic heterocycles. The van der Waals surface area contributed by atoms with E-state index in [2.05, 4.69) is 179 Å². The molecule has 0 amide bonds. The van der Waals surface area contributed by atoms with Gasteiger partial charge in [0, 0.05) is 38.4 Å². The molecular weight excluding hydrogens is 657 g/mol. The molecule has 0 spiro atoms. The lowest BCUT2D eigenvalue weighted by molar-refractivity contribution is 1.09. The highest BCUT2D eigenvalue weighted by molar-refractivity contribution is 6.18. The monoisotopic (exact) mass is 686 g/mol. The molecule has 0 aliphatic carbocycles. The summed E-state index contributed by atoms with van der Waals surface area (Å²) in [5, 5.41) is 4.87. The molecule has 0 unspecified atom stereocenters. The Hall–Kier alpha value is -7.30. The van der Waals surface area contributed by atoms with E-state index in [1.54, 1.807) is 0 Å². The van der Waals surface area contributed by atoms with E-state index < -0.39 is 0 Å². The Morgan fingerprint density at radius 2 is 0.963 bits per heavy atom. The third kappa shape index (κ3) is 4.13. The normalized spacial score (nSPS) is 12.1. The van der Waals surface area contributed by atoms with Crippen LogP contribution in [-0.2, 0) is 0 Å². The first-order valence-electron chi connectivity index (χ1n) is 18.4. The fraction of sp³-hybridized carbons (Fsp3) is 0. The van der Waals surface area contributed by atoms with Crippen LogP contribution in [0.5, 0.6) is 0 Å². The van der Waals surface area contributed by atoms with Crippen LogP contribution in [0.25, 0.3) is 111 Å². The summed E-state index contributed by atoms with van der Waals surface area (Å²) in [7, 11) is 0. The topological polar surface area (TPSA) is 35.6 Å². The maximum Gasteiger partial charge on any atom is 0.165 e. The number of para-hydroxylation sites is 4. The van der Waals surface area contributed by atoms with E-state index in [4.69, 9.17) is 9.97 Å². The molecule has 0 saturated heterocycles. The van der Waals surface area contributed by atoms with Crippen LogP contribution in [0, 0.1) is 0 Å². The summed E-state index contributed by atoms with van der Waals surface area (Å²) in [4.78, 5) is 10.6. The highest BCUT2D eigenvalue weighted by Gasteiger charge is 2.27. The SMILES string of the molecule is c1ccc(-c2ccc3c4cc(-c5cc6c7c(c5)c5ccccc5n7-c5nc7ccccc7nc5-c5ccccc5-6)ccc4n(-c4ccccc4)c3c2)cc1. The number of aromatic nitrogens is 4. The molecule has 0 atom stereocenters. The van der Waals surface area contributed by atoms with Gasteiger partial charge in [-0.1, -0.05) is 121 Å². The average molecular weight is 687 g/mol. The first-order chi connectivity index (χ1) is 26.8. The van der Waals surface area contributed by atoms with Gasteiger partial charge >= 0.3 is 0 Å². The third-order valence-corrected chi connectivity index (χ3v) is 11.2. The van der Waals surface area contributed by atoms with Crippen LogP contribution in [0.4, 0.5) is 0 Å². The van der Waals surface area contributed by atoms with Gasteiger partial charge in [0.25, 0.3) is 0 Å². The number of benzene rings is 8. The van der Waals surface area contributed by atoms with Gasteiger partial charge in [-0.05, 0) is 88.5 Å². The molecule has 250 valence electrons. The minimum atomic E-state index is 0.865. The average Bonchev–Trinajstić information content (AvgIpc) is 3.71. The van der Waals surface area contributed by atoms with E-state index in [0.29, 0.717) is 0 Å². The summed E-state index contributed by atoms with van der Waals surface area (Å²) >= 11 is 0. The quantitative estimate of drug-likeness (QED) is 0.185. The zero-order valence-electron chi connectivity index (χ0n) is 29.1. The molecule has 12 rings (SSSR count). The van der Waals surface area contributed by atoms with Crippen molar-refractivity contribution in [2.24, 2.45) is 0 Å². The number of nitrogens with zero attached hydrogens (tertiary/aromatic N) is 4. The molecule has 1 aliphatic rings. The van der Waals surface area contributed by atoms with Crippen molar-refractivity contribution in [3.05, 3.63) is 182 Å². The Kier molecular flexibility index (Phi) is 6.02. The van der Waals surface area contributed by atoms with Crippen LogP contribution in [0.2, 0.25) is 0 Å². The molecule has 0 radical (unpaired) electrons. The van der Waals surface area contributed by atoms with E-state index >= 15 is 0 Å². The maximum absolute atomic E-state index is 5.32. The molecule has 0 bridgehead atoms. The lowest BCUT2D eigenvalue weighted by Gasteiger charge is -2.12. The van der Waals surface area contributed by atoms with E-state index in [-0.39, 0.29) is 0 Å². The molecule has 54 heavy (non-hydrogen) atoms. The van der Waals surface area contributed by atoms with Gasteiger partial charge in [-0.3, -0.25) is 4.57 Å². The van der Waals surface area contributed by atoms with Crippen LogP contribution < -0.4 is 0 Å². The summed E-state index contributed by atoms with van der Waals surface area (Å²) < 4.78 is 4.75. The van der Waals surface area contributed by atoms with Crippen molar-refractivity contribution in [3.8, 4) is 56.1 Å². The standard InChI is InChI=1S/C50H30N4/c1-3-13-31(14-4-1)33-23-25-38-40-27-32(24-26-46(40)53(47(38)30-33)35-15-5-2-6-16-35)34-28-41-36-17-7-8-19-39(36)48-50(52-44-21-11-10-20-43(44)51-48)54-45-22-12-9-18-37(45)42(29-34)49(41)54/h1-30H. The Bertz CT molecular complexity index is 3320. The summed E-state index contributed by atoms with van der Waals surface area (Å²) in [5.74, 6) is 0.865.